The van der Waals surface area contributed by atoms with Gasteiger partial charge >= 0.3 is 0 Å². The summed E-state index contributed by atoms with van der Waals surface area (Å²) in [6.07, 6.45) is 2.46. The summed E-state index contributed by atoms with van der Waals surface area (Å²) in [5.74, 6) is 0.894. The highest BCUT2D eigenvalue weighted by molar-refractivity contribution is 7.16. The van der Waals surface area contributed by atoms with Crippen molar-refractivity contribution in [1.82, 2.24) is 20.2 Å². The maximum absolute atomic E-state index is 4.32. The number of thiophene rings is 1. The van der Waals surface area contributed by atoms with Crippen molar-refractivity contribution < 1.29 is 0 Å². The van der Waals surface area contributed by atoms with Crippen LogP contribution in [0.1, 0.15) is 18.3 Å². The molecule has 1 unspecified atom stereocenters. The first-order valence-electron chi connectivity index (χ1n) is 6.18. The van der Waals surface area contributed by atoms with E-state index in [1.165, 1.54) is 0 Å². The van der Waals surface area contributed by atoms with Gasteiger partial charge in [-0.2, -0.15) is 5.10 Å². The molecule has 19 heavy (non-hydrogen) atoms. The Bertz CT molecular complexity index is 687. The van der Waals surface area contributed by atoms with Gasteiger partial charge in [-0.15, -0.1) is 11.3 Å². The van der Waals surface area contributed by atoms with Crippen LogP contribution in [0, 0.1) is 6.92 Å². The second-order valence-electron chi connectivity index (χ2n) is 4.65. The zero-order valence-electron chi connectivity index (χ0n) is 10.8. The fourth-order valence-corrected chi connectivity index (χ4v) is 2.81. The van der Waals surface area contributed by atoms with Crippen LogP contribution < -0.4 is 5.32 Å². The second-order valence-corrected chi connectivity index (χ2v) is 5.55. The number of H-pyrrole nitrogens is 1. The Morgan fingerprint density at radius 2 is 2.32 bits per heavy atom. The third-order valence-electron chi connectivity index (χ3n) is 2.92. The van der Waals surface area contributed by atoms with Crippen LogP contribution in [0.4, 0.5) is 5.82 Å². The molecule has 0 spiro atoms. The molecular weight excluding hydrogens is 258 g/mol. The molecule has 3 rings (SSSR count). The number of hydrogen-bond acceptors (Lipinski definition) is 5. The van der Waals surface area contributed by atoms with Crippen molar-refractivity contribution in [3.63, 3.8) is 0 Å². The smallest absolute Gasteiger partial charge is 0.138 e. The van der Waals surface area contributed by atoms with Crippen LogP contribution in [-0.2, 0) is 6.42 Å². The van der Waals surface area contributed by atoms with Gasteiger partial charge in [-0.1, -0.05) is 0 Å². The quantitative estimate of drug-likeness (QED) is 0.767. The van der Waals surface area contributed by atoms with Gasteiger partial charge < -0.3 is 5.32 Å². The molecule has 0 amide bonds. The van der Waals surface area contributed by atoms with E-state index in [9.17, 15) is 0 Å². The van der Waals surface area contributed by atoms with E-state index in [-0.39, 0.29) is 6.04 Å². The summed E-state index contributed by atoms with van der Waals surface area (Å²) in [6, 6.07) is 4.38. The van der Waals surface area contributed by atoms with Gasteiger partial charge in [-0.3, -0.25) is 5.10 Å². The molecule has 1 atom stereocenters. The monoisotopic (exact) mass is 273 g/mol. The van der Waals surface area contributed by atoms with E-state index in [2.05, 4.69) is 38.5 Å². The van der Waals surface area contributed by atoms with Crippen molar-refractivity contribution in [3.05, 3.63) is 35.2 Å². The number of anilines is 1. The number of aromatic amines is 1. The summed E-state index contributed by atoms with van der Waals surface area (Å²) in [5.41, 5.74) is 2.15. The summed E-state index contributed by atoms with van der Waals surface area (Å²) in [4.78, 5) is 9.58. The lowest BCUT2D eigenvalue weighted by Gasteiger charge is -2.13. The van der Waals surface area contributed by atoms with Crippen LogP contribution in [0.2, 0.25) is 0 Å². The Kier molecular flexibility index (Phi) is 3.16. The number of rotatable bonds is 4. The lowest BCUT2D eigenvalue weighted by molar-refractivity contribution is 0.761. The maximum Gasteiger partial charge on any atom is 0.138 e. The zero-order valence-corrected chi connectivity index (χ0v) is 11.7. The van der Waals surface area contributed by atoms with Gasteiger partial charge in [0, 0.05) is 18.2 Å². The van der Waals surface area contributed by atoms with E-state index < -0.39 is 0 Å². The topological polar surface area (TPSA) is 66.5 Å². The number of aryl methyl sites for hydroxylation is 1. The van der Waals surface area contributed by atoms with Crippen LogP contribution in [0.5, 0.6) is 0 Å². The lowest BCUT2D eigenvalue weighted by atomic mass is 10.1. The van der Waals surface area contributed by atoms with Crippen LogP contribution in [0.15, 0.2) is 23.8 Å². The molecule has 2 N–H and O–H groups in total. The third kappa shape index (κ3) is 2.58. The molecule has 0 saturated heterocycles. The second kappa shape index (κ2) is 4.97. The Hall–Kier alpha value is -1.95. The molecule has 0 aromatic carbocycles. The molecule has 3 aromatic rings. The SMILES string of the molecule is Cc1cc(CC(C)Nc2ncnc3sccc23)n[nH]1. The maximum atomic E-state index is 4.32. The number of fused-ring (bicyclic) bond motifs is 1. The highest BCUT2D eigenvalue weighted by Gasteiger charge is 2.10. The summed E-state index contributed by atoms with van der Waals surface area (Å²) >= 11 is 1.63. The Morgan fingerprint density at radius 3 is 3.11 bits per heavy atom. The highest BCUT2D eigenvalue weighted by Crippen LogP contribution is 2.24. The molecule has 98 valence electrons. The van der Waals surface area contributed by atoms with Gasteiger partial charge in [0.1, 0.15) is 17.0 Å². The van der Waals surface area contributed by atoms with Crippen LogP contribution in [0.25, 0.3) is 10.2 Å². The minimum absolute atomic E-state index is 0.265. The van der Waals surface area contributed by atoms with Crippen LogP contribution >= 0.6 is 11.3 Å². The van der Waals surface area contributed by atoms with Crippen LogP contribution in [0.3, 0.4) is 0 Å². The van der Waals surface area contributed by atoms with Gasteiger partial charge in [0.25, 0.3) is 0 Å². The van der Waals surface area contributed by atoms with E-state index in [0.29, 0.717) is 0 Å². The van der Waals surface area contributed by atoms with Crippen molar-refractivity contribution in [3.8, 4) is 0 Å². The van der Waals surface area contributed by atoms with Crippen molar-refractivity contribution in [2.45, 2.75) is 26.3 Å². The highest BCUT2D eigenvalue weighted by atomic mass is 32.1. The predicted octanol–water partition coefficient (Wildman–Crippen LogP) is 2.77. The fourth-order valence-electron chi connectivity index (χ4n) is 2.08. The number of nitrogens with zero attached hydrogens (tertiary/aromatic N) is 3. The molecule has 0 aliphatic carbocycles. The minimum Gasteiger partial charge on any atom is -0.367 e. The molecule has 0 aliphatic rings. The summed E-state index contributed by atoms with van der Waals surface area (Å²) in [6.45, 7) is 4.14. The zero-order chi connectivity index (χ0) is 13.2. The standard InChI is InChI=1S/C13H15N5S/c1-8(5-10-6-9(2)17-18-10)16-12-11-3-4-19-13(11)15-7-14-12/h3-4,6-8H,5H2,1-2H3,(H,17,18)(H,14,15,16). The van der Waals surface area contributed by atoms with Gasteiger partial charge in [0.2, 0.25) is 0 Å². The largest absolute Gasteiger partial charge is 0.367 e. The van der Waals surface area contributed by atoms with Crippen molar-refractivity contribution >= 4 is 27.4 Å². The van der Waals surface area contributed by atoms with Crippen molar-refractivity contribution in [2.24, 2.45) is 0 Å². The number of hydrogen-bond donors (Lipinski definition) is 2. The molecule has 5 nitrogen and oxygen atoms in total. The first-order chi connectivity index (χ1) is 9.22. The van der Waals surface area contributed by atoms with E-state index in [1.54, 1.807) is 17.7 Å². The van der Waals surface area contributed by atoms with E-state index >= 15 is 0 Å². The summed E-state index contributed by atoms with van der Waals surface area (Å²) < 4.78 is 0. The number of aromatic nitrogens is 4. The molecule has 0 bridgehead atoms. The molecule has 6 heteroatoms. The summed E-state index contributed by atoms with van der Waals surface area (Å²) in [5, 5.41) is 13.8. The normalized spacial score (nSPS) is 12.7. The lowest BCUT2D eigenvalue weighted by Crippen LogP contribution is -2.19. The van der Waals surface area contributed by atoms with Crippen molar-refractivity contribution in [1.29, 1.82) is 0 Å². The molecule has 3 aromatic heterocycles. The first-order valence-corrected chi connectivity index (χ1v) is 7.06. The summed E-state index contributed by atoms with van der Waals surface area (Å²) in [7, 11) is 0. The molecule has 0 saturated carbocycles. The Morgan fingerprint density at radius 1 is 1.42 bits per heavy atom. The van der Waals surface area contributed by atoms with Crippen molar-refractivity contribution in [2.75, 3.05) is 5.32 Å². The molecule has 0 aliphatic heterocycles. The molecule has 3 heterocycles. The van der Waals surface area contributed by atoms with E-state index in [1.807, 2.05) is 18.4 Å². The molecule has 0 fully saturated rings. The average molecular weight is 273 g/mol. The van der Waals surface area contributed by atoms with Crippen LogP contribution in [-0.4, -0.2) is 26.2 Å². The van der Waals surface area contributed by atoms with E-state index in [4.69, 9.17) is 0 Å². The fraction of sp³-hybridized carbons (Fsp3) is 0.308. The average Bonchev–Trinajstić information content (AvgIpc) is 2.98. The van der Waals surface area contributed by atoms with Gasteiger partial charge in [-0.25, -0.2) is 9.97 Å². The van der Waals surface area contributed by atoms with E-state index in [0.717, 1.165) is 33.8 Å². The number of nitrogens with one attached hydrogen (secondary N) is 2. The Balaban J connectivity index is 1.75. The van der Waals surface area contributed by atoms with Gasteiger partial charge in [0.05, 0.1) is 11.1 Å². The third-order valence-corrected chi connectivity index (χ3v) is 3.74. The predicted molar refractivity (Wildman–Crippen MR) is 77.5 cm³/mol. The minimum atomic E-state index is 0.265. The molecular formula is C13H15N5S. The Labute approximate surface area is 115 Å². The molecule has 0 radical (unpaired) electrons. The van der Waals surface area contributed by atoms with Gasteiger partial charge in [0.15, 0.2) is 0 Å². The van der Waals surface area contributed by atoms with Gasteiger partial charge in [-0.05, 0) is 31.4 Å². The first kappa shape index (κ1) is 12.1.